The summed E-state index contributed by atoms with van der Waals surface area (Å²) >= 11 is 1.69. The molecular formula is C12H16N4S. The van der Waals surface area contributed by atoms with E-state index in [1.54, 1.807) is 17.7 Å². The summed E-state index contributed by atoms with van der Waals surface area (Å²) in [5, 5.41) is 6.67. The first kappa shape index (κ1) is 12.1. The van der Waals surface area contributed by atoms with Gasteiger partial charge in [0.1, 0.15) is 6.33 Å². The van der Waals surface area contributed by atoms with E-state index in [4.69, 9.17) is 0 Å². The zero-order chi connectivity index (χ0) is 12.1. The van der Waals surface area contributed by atoms with E-state index in [9.17, 15) is 0 Å². The number of thiazole rings is 1. The van der Waals surface area contributed by atoms with Gasteiger partial charge in [0, 0.05) is 35.8 Å². The van der Waals surface area contributed by atoms with Crippen molar-refractivity contribution >= 4 is 11.3 Å². The maximum atomic E-state index is 4.50. The minimum absolute atomic E-state index is 0.239. The van der Waals surface area contributed by atoms with E-state index in [-0.39, 0.29) is 6.04 Å². The second kappa shape index (κ2) is 5.84. The van der Waals surface area contributed by atoms with E-state index in [2.05, 4.69) is 32.6 Å². The number of hydrogen-bond donors (Lipinski definition) is 1. The molecule has 0 aliphatic carbocycles. The van der Waals surface area contributed by atoms with E-state index in [1.807, 2.05) is 19.3 Å². The molecule has 17 heavy (non-hydrogen) atoms. The first-order chi connectivity index (χ1) is 8.29. The molecule has 0 aliphatic heterocycles. The van der Waals surface area contributed by atoms with E-state index >= 15 is 0 Å². The van der Waals surface area contributed by atoms with Gasteiger partial charge in [0.25, 0.3) is 0 Å². The van der Waals surface area contributed by atoms with Gasteiger partial charge in [0.15, 0.2) is 0 Å². The standard InChI is InChI=1S/C12H16N4S/c1-3-15-12(10-5-13-8-14-6-10)4-11-7-17-9(2)16-11/h5-8,12,15H,3-4H2,1-2H3. The van der Waals surface area contributed by atoms with Crippen LogP contribution in [0.3, 0.4) is 0 Å². The van der Waals surface area contributed by atoms with E-state index < -0.39 is 0 Å². The molecule has 2 aromatic rings. The molecule has 2 aromatic heterocycles. The highest BCUT2D eigenvalue weighted by atomic mass is 32.1. The molecule has 90 valence electrons. The van der Waals surface area contributed by atoms with Crippen molar-refractivity contribution in [3.8, 4) is 0 Å². The topological polar surface area (TPSA) is 50.7 Å². The summed E-state index contributed by atoms with van der Waals surface area (Å²) in [7, 11) is 0. The highest BCUT2D eigenvalue weighted by molar-refractivity contribution is 7.09. The summed E-state index contributed by atoms with van der Waals surface area (Å²) in [5.74, 6) is 0. The fraction of sp³-hybridized carbons (Fsp3) is 0.417. The van der Waals surface area contributed by atoms with Crippen LogP contribution in [0.25, 0.3) is 0 Å². The van der Waals surface area contributed by atoms with Crippen molar-refractivity contribution < 1.29 is 0 Å². The average molecular weight is 248 g/mol. The lowest BCUT2D eigenvalue weighted by Gasteiger charge is -2.16. The van der Waals surface area contributed by atoms with Gasteiger partial charge in [-0.05, 0) is 13.5 Å². The third-order valence-electron chi connectivity index (χ3n) is 2.51. The Bertz CT molecular complexity index is 455. The Balaban J connectivity index is 2.13. The number of aromatic nitrogens is 3. The van der Waals surface area contributed by atoms with Crippen LogP contribution >= 0.6 is 11.3 Å². The lowest BCUT2D eigenvalue weighted by Crippen LogP contribution is -2.23. The minimum atomic E-state index is 0.239. The lowest BCUT2D eigenvalue weighted by atomic mass is 10.1. The molecule has 0 saturated heterocycles. The number of aryl methyl sites for hydroxylation is 1. The Morgan fingerprint density at radius 2 is 2.12 bits per heavy atom. The Morgan fingerprint density at radius 3 is 2.71 bits per heavy atom. The maximum absolute atomic E-state index is 4.50. The van der Waals surface area contributed by atoms with Crippen LogP contribution in [0.4, 0.5) is 0 Å². The number of nitrogens with one attached hydrogen (secondary N) is 1. The Labute approximate surface area is 105 Å². The second-order valence-corrected chi connectivity index (χ2v) is 4.91. The first-order valence-electron chi connectivity index (χ1n) is 5.69. The first-order valence-corrected chi connectivity index (χ1v) is 6.57. The zero-order valence-electron chi connectivity index (χ0n) is 10.1. The molecule has 0 radical (unpaired) electrons. The van der Waals surface area contributed by atoms with Crippen LogP contribution in [-0.2, 0) is 6.42 Å². The van der Waals surface area contributed by atoms with Gasteiger partial charge in [0.2, 0.25) is 0 Å². The lowest BCUT2D eigenvalue weighted by molar-refractivity contribution is 0.541. The Morgan fingerprint density at radius 1 is 1.35 bits per heavy atom. The fourth-order valence-electron chi connectivity index (χ4n) is 1.76. The van der Waals surface area contributed by atoms with Crippen LogP contribution in [-0.4, -0.2) is 21.5 Å². The Kier molecular flexibility index (Phi) is 4.17. The van der Waals surface area contributed by atoms with Crippen molar-refractivity contribution in [2.75, 3.05) is 6.54 Å². The van der Waals surface area contributed by atoms with Gasteiger partial charge in [-0.3, -0.25) is 0 Å². The summed E-state index contributed by atoms with van der Waals surface area (Å²) in [5.41, 5.74) is 2.24. The van der Waals surface area contributed by atoms with Crippen molar-refractivity contribution in [2.45, 2.75) is 26.3 Å². The van der Waals surface area contributed by atoms with Crippen LogP contribution < -0.4 is 5.32 Å². The van der Waals surface area contributed by atoms with Gasteiger partial charge in [-0.25, -0.2) is 15.0 Å². The molecule has 1 N–H and O–H groups in total. The minimum Gasteiger partial charge on any atom is -0.310 e. The average Bonchev–Trinajstić information content (AvgIpc) is 2.75. The van der Waals surface area contributed by atoms with Gasteiger partial charge in [-0.15, -0.1) is 11.3 Å². The van der Waals surface area contributed by atoms with Crippen molar-refractivity contribution in [1.29, 1.82) is 0 Å². The van der Waals surface area contributed by atoms with E-state index in [0.29, 0.717) is 0 Å². The van der Waals surface area contributed by atoms with Crippen molar-refractivity contribution in [3.63, 3.8) is 0 Å². The smallest absolute Gasteiger partial charge is 0.115 e. The highest BCUT2D eigenvalue weighted by Crippen LogP contribution is 2.18. The molecule has 0 spiro atoms. The molecule has 2 rings (SSSR count). The third kappa shape index (κ3) is 3.31. The van der Waals surface area contributed by atoms with Gasteiger partial charge < -0.3 is 5.32 Å². The normalized spacial score (nSPS) is 12.6. The molecule has 0 fully saturated rings. The molecule has 0 bridgehead atoms. The van der Waals surface area contributed by atoms with Crippen molar-refractivity contribution in [2.24, 2.45) is 0 Å². The van der Waals surface area contributed by atoms with Crippen LogP contribution in [0.5, 0.6) is 0 Å². The highest BCUT2D eigenvalue weighted by Gasteiger charge is 2.13. The molecule has 0 saturated carbocycles. The number of nitrogens with zero attached hydrogens (tertiary/aromatic N) is 3. The SMILES string of the molecule is CCNC(Cc1csc(C)n1)c1cncnc1. The molecule has 2 heterocycles. The predicted octanol–water partition coefficient (Wildman–Crippen LogP) is 2.13. The van der Waals surface area contributed by atoms with Crippen molar-refractivity contribution in [3.05, 3.63) is 40.4 Å². The summed E-state index contributed by atoms with van der Waals surface area (Å²) < 4.78 is 0. The number of hydrogen-bond acceptors (Lipinski definition) is 5. The van der Waals surface area contributed by atoms with Crippen molar-refractivity contribution in [1.82, 2.24) is 20.3 Å². The van der Waals surface area contributed by atoms with Crippen LogP contribution in [0.15, 0.2) is 24.1 Å². The fourth-order valence-corrected chi connectivity index (χ4v) is 2.38. The van der Waals surface area contributed by atoms with Gasteiger partial charge in [-0.1, -0.05) is 6.92 Å². The van der Waals surface area contributed by atoms with Crippen LogP contribution in [0.1, 0.15) is 29.2 Å². The maximum Gasteiger partial charge on any atom is 0.115 e. The molecule has 0 aromatic carbocycles. The number of rotatable bonds is 5. The van der Waals surface area contributed by atoms with Gasteiger partial charge in [0.05, 0.1) is 10.7 Å². The molecule has 5 heteroatoms. The molecule has 4 nitrogen and oxygen atoms in total. The molecule has 0 aliphatic rings. The molecular weight excluding hydrogens is 232 g/mol. The van der Waals surface area contributed by atoms with Gasteiger partial charge >= 0.3 is 0 Å². The molecule has 0 amide bonds. The Hall–Kier alpha value is -1.33. The van der Waals surface area contributed by atoms with E-state index in [1.165, 1.54) is 0 Å². The van der Waals surface area contributed by atoms with Crippen LogP contribution in [0, 0.1) is 6.92 Å². The zero-order valence-corrected chi connectivity index (χ0v) is 10.9. The number of likely N-dealkylation sites (N-methyl/N-ethyl adjacent to an activating group) is 1. The summed E-state index contributed by atoms with van der Waals surface area (Å²) in [6.07, 6.45) is 6.16. The third-order valence-corrected chi connectivity index (χ3v) is 3.34. The quantitative estimate of drug-likeness (QED) is 0.880. The largest absolute Gasteiger partial charge is 0.310 e. The van der Waals surface area contributed by atoms with Gasteiger partial charge in [-0.2, -0.15) is 0 Å². The summed E-state index contributed by atoms with van der Waals surface area (Å²) in [6, 6.07) is 0.239. The predicted molar refractivity (Wildman–Crippen MR) is 69.0 cm³/mol. The second-order valence-electron chi connectivity index (χ2n) is 3.84. The monoisotopic (exact) mass is 248 g/mol. The molecule has 1 unspecified atom stereocenters. The summed E-state index contributed by atoms with van der Waals surface area (Å²) in [4.78, 5) is 12.6. The molecule has 1 atom stereocenters. The van der Waals surface area contributed by atoms with E-state index in [0.717, 1.165) is 29.2 Å². The summed E-state index contributed by atoms with van der Waals surface area (Å²) in [6.45, 7) is 5.05. The van der Waals surface area contributed by atoms with Crippen LogP contribution in [0.2, 0.25) is 0 Å².